The lowest BCUT2D eigenvalue weighted by Crippen LogP contribution is -2.32. The largest absolute Gasteiger partial charge is 0.477 e. The number of carbonyl (C=O) groups is 1. The molecule has 162 valence electrons. The van der Waals surface area contributed by atoms with E-state index in [1.165, 1.54) is 23.3 Å². The number of carboxylic acids is 1. The zero-order valence-electron chi connectivity index (χ0n) is 18.1. The van der Waals surface area contributed by atoms with Gasteiger partial charge in [-0.2, -0.15) is 0 Å². The predicted octanol–water partition coefficient (Wildman–Crippen LogP) is 5.10. The van der Waals surface area contributed by atoms with Crippen LogP contribution >= 0.6 is 0 Å². The molecular weight excluding hydrogens is 405 g/mol. The van der Waals surface area contributed by atoms with E-state index in [0.29, 0.717) is 18.9 Å². The molecule has 3 heterocycles. The number of halogens is 1. The molecule has 2 aromatic heterocycles. The van der Waals surface area contributed by atoms with Crippen LogP contribution in [0.25, 0.3) is 10.9 Å². The maximum atomic E-state index is 13.4. The highest BCUT2D eigenvalue weighted by atomic mass is 19.1. The van der Waals surface area contributed by atoms with Gasteiger partial charge in [0.25, 0.3) is 0 Å². The van der Waals surface area contributed by atoms with E-state index in [1.54, 1.807) is 18.2 Å². The van der Waals surface area contributed by atoms with Gasteiger partial charge in [0.1, 0.15) is 5.82 Å². The average molecular weight is 429 g/mol. The lowest BCUT2D eigenvalue weighted by molar-refractivity contribution is 0.0691. The first-order chi connectivity index (χ1) is 15.4. The molecule has 5 nitrogen and oxygen atoms in total. The highest BCUT2D eigenvalue weighted by Crippen LogP contribution is 2.35. The molecule has 1 N–H and O–H groups in total. The number of rotatable bonds is 4. The van der Waals surface area contributed by atoms with Crippen LogP contribution in [0.3, 0.4) is 0 Å². The Morgan fingerprint density at radius 3 is 2.53 bits per heavy atom. The Balaban J connectivity index is 1.69. The topological polar surface area (TPSA) is 58.4 Å². The fourth-order valence-electron chi connectivity index (χ4n) is 4.62. The van der Waals surface area contributed by atoms with Gasteiger partial charge in [-0.3, -0.25) is 0 Å². The van der Waals surface area contributed by atoms with Crippen LogP contribution in [-0.2, 0) is 19.5 Å². The zero-order chi connectivity index (χ0) is 22.4. The van der Waals surface area contributed by atoms with E-state index in [0.717, 1.165) is 40.7 Å². The van der Waals surface area contributed by atoms with E-state index in [-0.39, 0.29) is 11.5 Å². The minimum Gasteiger partial charge on any atom is -0.477 e. The van der Waals surface area contributed by atoms with Crippen LogP contribution in [0.2, 0.25) is 0 Å². The van der Waals surface area contributed by atoms with Crippen molar-refractivity contribution >= 4 is 22.7 Å². The predicted molar refractivity (Wildman–Crippen MR) is 123 cm³/mol. The molecule has 0 saturated carbocycles. The van der Waals surface area contributed by atoms with Gasteiger partial charge in [-0.05, 0) is 60.7 Å². The van der Waals surface area contributed by atoms with Crippen LogP contribution in [0.15, 0.2) is 54.6 Å². The van der Waals surface area contributed by atoms with Crippen molar-refractivity contribution in [2.45, 2.75) is 33.4 Å². The Hall–Kier alpha value is -3.67. The van der Waals surface area contributed by atoms with Gasteiger partial charge >= 0.3 is 5.97 Å². The number of hydrogen-bond acceptors (Lipinski definition) is 3. The molecule has 2 aromatic carbocycles. The first kappa shape index (κ1) is 20.2. The second kappa shape index (κ2) is 7.79. The van der Waals surface area contributed by atoms with E-state index < -0.39 is 5.97 Å². The van der Waals surface area contributed by atoms with Gasteiger partial charge in [-0.25, -0.2) is 14.2 Å². The molecular formula is C26H24FN3O2. The minimum atomic E-state index is -1.03. The summed E-state index contributed by atoms with van der Waals surface area (Å²) in [6.07, 6.45) is 0.882. The maximum Gasteiger partial charge on any atom is 0.354 e. The maximum absolute atomic E-state index is 13.4. The number of anilines is 1. The highest BCUT2D eigenvalue weighted by molar-refractivity contribution is 5.99. The van der Waals surface area contributed by atoms with Crippen LogP contribution < -0.4 is 4.90 Å². The first-order valence-electron chi connectivity index (χ1n) is 10.7. The van der Waals surface area contributed by atoms with Crippen molar-refractivity contribution in [1.82, 2.24) is 9.55 Å². The molecule has 0 amide bonds. The van der Waals surface area contributed by atoms with E-state index in [2.05, 4.69) is 32.7 Å². The molecule has 0 atom stereocenters. The summed E-state index contributed by atoms with van der Waals surface area (Å²) in [5, 5.41) is 10.6. The van der Waals surface area contributed by atoms with Crippen molar-refractivity contribution in [3.63, 3.8) is 0 Å². The number of aryl methyl sites for hydroxylation is 1. The SMILES string of the molecule is Cc1c(C)n(Cc2ccc(F)cc2)c2c(N3CCc4ccccc4C3)nc(C(=O)O)cc12. The summed E-state index contributed by atoms with van der Waals surface area (Å²) in [5.74, 6) is -0.610. The number of fused-ring (bicyclic) bond motifs is 2. The summed E-state index contributed by atoms with van der Waals surface area (Å²) in [5.41, 5.74) is 6.59. The standard InChI is InChI=1S/C26H24FN3O2/c1-16-17(2)30(14-18-7-9-21(27)10-8-18)24-22(16)13-23(26(31)32)28-25(24)29-12-11-19-5-3-4-6-20(19)15-29/h3-10,13H,11-12,14-15H2,1-2H3,(H,31,32). The van der Waals surface area contributed by atoms with E-state index >= 15 is 0 Å². The minimum absolute atomic E-state index is 0.0494. The van der Waals surface area contributed by atoms with E-state index in [4.69, 9.17) is 0 Å². The van der Waals surface area contributed by atoms with Gasteiger partial charge in [0.05, 0.1) is 5.52 Å². The third kappa shape index (κ3) is 3.42. The molecule has 0 aliphatic carbocycles. The van der Waals surface area contributed by atoms with Gasteiger partial charge < -0.3 is 14.6 Å². The molecule has 0 spiro atoms. The first-order valence-corrected chi connectivity index (χ1v) is 10.7. The molecule has 1 aliphatic rings. The molecule has 0 saturated heterocycles. The Morgan fingerprint density at radius 1 is 1.09 bits per heavy atom. The van der Waals surface area contributed by atoms with Crippen molar-refractivity contribution in [2.75, 3.05) is 11.4 Å². The summed E-state index contributed by atoms with van der Waals surface area (Å²) in [7, 11) is 0. The molecule has 5 rings (SSSR count). The van der Waals surface area contributed by atoms with Crippen molar-refractivity contribution < 1.29 is 14.3 Å². The summed E-state index contributed by atoms with van der Waals surface area (Å²) >= 11 is 0. The second-order valence-electron chi connectivity index (χ2n) is 8.40. The lowest BCUT2D eigenvalue weighted by atomic mass is 10.00. The average Bonchev–Trinajstić information content (AvgIpc) is 3.04. The van der Waals surface area contributed by atoms with Gasteiger partial charge in [0.15, 0.2) is 11.5 Å². The van der Waals surface area contributed by atoms with E-state index in [1.807, 2.05) is 19.9 Å². The number of carboxylic acid groups (broad SMARTS) is 1. The Labute approximate surface area is 185 Å². The number of hydrogen-bond donors (Lipinski definition) is 1. The zero-order valence-corrected chi connectivity index (χ0v) is 18.1. The lowest BCUT2D eigenvalue weighted by Gasteiger charge is -2.31. The molecule has 1 aliphatic heterocycles. The molecule has 0 bridgehead atoms. The monoisotopic (exact) mass is 429 g/mol. The Morgan fingerprint density at radius 2 is 1.81 bits per heavy atom. The summed E-state index contributed by atoms with van der Waals surface area (Å²) in [6.45, 7) is 6.06. The molecule has 0 fully saturated rings. The van der Waals surface area contributed by atoms with Gasteiger partial charge in [-0.1, -0.05) is 36.4 Å². The van der Waals surface area contributed by atoms with Gasteiger partial charge in [-0.15, -0.1) is 0 Å². The van der Waals surface area contributed by atoms with Crippen LogP contribution in [0.5, 0.6) is 0 Å². The van der Waals surface area contributed by atoms with Crippen molar-refractivity contribution in [3.8, 4) is 0 Å². The van der Waals surface area contributed by atoms with Crippen LogP contribution in [0.1, 0.15) is 38.4 Å². The van der Waals surface area contributed by atoms with Crippen LogP contribution in [0.4, 0.5) is 10.2 Å². The van der Waals surface area contributed by atoms with E-state index in [9.17, 15) is 14.3 Å². The van der Waals surface area contributed by atoms with Crippen molar-refractivity contribution in [1.29, 1.82) is 0 Å². The number of nitrogens with zero attached hydrogens (tertiary/aromatic N) is 3. The smallest absolute Gasteiger partial charge is 0.354 e. The number of benzene rings is 2. The third-order valence-electron chi connectivity index (χ3n) is 6.50. The fourth-order valence-corrected chi connectivity index (χ4v) is 4.62. The van der Waals surface area contributed by atoms with Crippen LogP contribution in [0, 0.1) is 19.7 Å². The highest BCUT2D eigenvalue weighted by Gasteiger charge is 2.25. The molecule has 0 radical (unpaired) electrons. The quantitative estimate of drug-likeness (QED) is 0.490. The Bertz CT molecular complexity index is 1340. The van der Waals surface area contributed by atoms with Gasteiger partial charge in [0.2, 0.25) is 0 Å². The summed E-state index contributed by atoms with van der Waals surface area (Å²) < 4.78 is 15.6. The molecule has 32 heavy (non-hydrogen) atoms. The number of pyridine rings is 1. The molecule has 6 heteroatoms. The van der Waals surface area contributed by atoms with Crippen molar-refractivity contribution in [2.24, 2.45) is 0 Å². The fraction of sp³-hybridized carbons (Fsp3) is 0.231. The normalized spacial score (nSPS) is 13.4. The summed E-state index contributed by atoms with van der Waals surface area (Å²) in [6, 6.07) is 16.5. The molecule has 4 aromatic rings. The summed E-state index contributed by atoms with van der Waals surface area (Å²) in [4.78, 5) is 18.7. The third-order valence-corrected chi connectivity index (χ3v) is 6.50. The van der Waals surface area contributed by atoms with Crippen LogP contribution in [-0.4, -0.2) is 27.2 Å². The number of aromatic nitrogens is 2. The second-order valence-corrected chi connectivity index (χ2v) is 8.40. The number of aromatic carboxylic acids is 1. The molecule has 0 unspecified atom stereocenters. The van der Waals surface area contributed by atoms with Gasteiger partial charge in [0, 0.05) is 30.7 Å². The Kier molecular flexibility index (Phi) is 4.93. The van der Waals surface area contributed by atoms with Crippen molar-refractivity contribution in [3.05, 3.63) is 94.1 Å².